The predicted molar refractivity (Wildman–Crippen MR) is 96.7 cm³/mol. The molecule has 3 rings (SSSR count). The molecule has 0 radical (unpaired) electrons. The average molecular weight is 350 g/mol. The number of pyridine rings is 2. The highest BCUT2D eigenvalue weighted by molar-refractivity contribution is 6.00. The lowest BCUT2D eigenvalue weighted by Crippen LogP contribution is -2.21. The second kappa shape index (κ2) is 8.59. The number of hydrogen-bond donors (Lipinski definition) is 2. The van der Waals surface area contributed by atoms with Crippen LogP contribution in [0.2, 0.25) is 0 Å². The molecule has 26 heavy (non-hydrogen) atoms. The van der Waals surface area contributed by atoms with Gasteiger partial charge in [0, 0.05) is 18.6 Å². The number of methoxy groups -OCH3 is 1. The Balaban J connectivity index is 1.84. The second-order valence-electron chi connectivity index (χ2n) is 5.27. The molecular weight excluding hydrogens is 332 g/mol. The Morgan fingerprint density at radius 3 is 2.54 bits per heavy atom. The molecule has 0 aliphatic rings. The number of nitrogens with zero attached hydrogens (tertiary/aromatic N) is 3. The Hall–Kier alpha value is -3.45. The second-order valence-corrected chi connectivity index (χ2v) is 5.27. The smallest absolute Gasteiger partial charge is 0.230 e. The molecule has 0 aliphatic heterocycles. The lowest BCUT2D eigenvalue weighted by atomic mass is 10.2. The van der Waals surface area contributed by atoms with Gasteiger partial charge < -0.3 is 9.47 Å². The van der Waals surface area contributed by atoms with E-state index in [9.17, 15) is 5.21 Å². The molecule has 0 saturated carbocycles. The molecule has 2 heterocycles. The van der Waals surface area contributed by atoms with Crippen LogP contribution in [0.15, 0.2) is 72.1 Å². The molecule has 0 unspecified atom stereocenters. The highest BCUT2D eigenvalue weighted by Crippen LogP contribution is 2.25. The van der Waals surface area contributed by atoms with Crippen LogP contribution >= 0.6 is 0 Å². The molecule has 0 aliphatic carbocycles. The Kier molecular flexibility index (Phi) is 5.74. The molecule has 0 spiro atoms. The number of hydrogen-bond acceptors (Lipinski definition) is 6. The van der Waals surface area contributed by atoms with E-state index in [1.54, 1.807) is 62.1 Å². The van der Waals surface area contributed by atoms with Crippen molar-refractivity contribution >= 4 is 5.84 Å². The van der Waals surface area contributed by atoms with E-state index in [0.717, 1.165) is 11.3 Å². The first kappa shape index (κ1) is 17.4. The Morgan fingerprint density at radius 1 is 1.08 bits per heavy atom. The SMILES string of the molecule is COc1ccc(Oc2ncccc2C(=NCc2cccnc2)NO)cc1. The molecular formula is C19H18N4O3. The first-order chi connectivity index (χ1) is 12.8. The van der Waals surface area contributed by atoms with E-state index in [-0.39, 0.29) is 5.84 Å². The van der Waals surface area contributed by atoms with Gasteiger partial charge in [-0.2, -0.15) is 0 Å². The fraction of sp³-hybridized carbons (Fsp3) is 0.105. The maximum atomic E-state index is 9.52. The van der Waals surface area contributed by atoms with Crippen molar-refractivity contribution in [3.63, 3.8) is 0 Å². The van der Waals surface area contributed by atoms with E-state index in [1.807, 2.05) is 12.1 Å². The van der Waals surface area contributed by atoms with Crippen LogP contribution in [0.3, 0.4) is 0 Å². The number of amidine groups is 1. The molecule has 7 heteroatoms. The summed E-state index contributed by atoms with van der Waals surface area (Å²) < 4.78 is 11.0. The van der Waals surface area contributed by atoms with Gasteiger partial charge in [-0.3, -0.25) is 20.7 Å². The van der Waals surface area contributed by atoms with Gasteiger partial charge in [-0.25, -0.2) is 4.98 Å². The largest absolute Gasteiger partial charge is 0.497 e. The van der Waals surface area contributed by atoms with Crippen molar-refractivity contribution in [2.45, 2.75) is 6.54 Å². The normalized spacial score (nSPS) is 11.1. The molecule has 2 aromatic heterocycles. The van der Waals surface area contributed by atoms with Crippen molar-refractivity contribution < 1.29 is 14.7 Å². The number of aliphatic imine (C=N–C) groups is 1. The van der Waals surface area contributed by atoms with Gasteiger partial charge in [0.1, 0.15) is 11.5 Å². The number of rotatable bonds is 6. The van der Waals surface area contributed by atoms with Crippen molar-refractivity contribution in [1.82, 2.24) is 15.4 Å². The van der Waals surface area contributed by atoms with Crippen LogP contribution in [0.4, 0.5) is 0 Å². The molecule has 132 valence electrons. The Morgan fingerprint density at radius 2 is 1.85 bits per heavy atom. The summed E-state index contributed by atoms with van der Waals surface area (Å²) >= 11 is 0. The molecule has 0 atom stereocenters. The van der Waals surface area contributed by atoms with Crippen LogP contribution in [0, 0.1) is 0 Å². The molecule has 0 bridgehead atoms. The fourth-order valence-electron chi connectivity index (χ4n) is 2.25. The van der Waals surface area contributed by atoms with Gasteiger partial charge >= 0.3 is 0 Å². The van der Waals surface area contributed by atoms with Crippen LogP contribution in [0.5, 0.6) is 17.4 Å². The third-order valence-corrected chi connectivity index (χ3v) is 3.55. The van der Waals surface area contributed by atoms with Gasteiger partial charge in [-0.05, 0) is 48.0 Å². The number of benzene rings is 1. The van der Waals surface area contributed by atoms with Crippen LogP contribution in [-0.2, 0) is 6.54 Å². The minimum absolute atomic E-state index is 0.255. The van der Waals surface area contributed by atoms with Crippen molar-refractivity contribution in [3.8, 4) is 17.4 Å². The number of hydroxylamine groups is 1. The van der Waals surface area contributed by atoms with E-state index >= 15 is 0 Å². The summed E-state index contributed by atoms with van der Waals surface area (Å²) in [6.07, 6.45) is 5.02. The van der Waals surface area contributed by atoms with E-state index in [1.165, 1.54) is 0 Å². The lowest BCUT2D eigenvalue weighted by Gasteiger charge is -2.11. The van der Waals surface area contributed by atoms with Crippen LogP contribution < -0.4 is 15.0 Å². The van der Waals surface area contributed by atoms with Gasteiger partial charge in [0.25, 0.3) is 0 Å². The average Bonchev–Trinajstić information content (AvgIpc) is 2.71. The van der Waals surface area contributed by atoms with Crippen LogP contribution in [-0.4, -0.2) is 28.1 Å². The molecule has 3 aromatic rings. The minimum Gasteiger partial charge on any atom is -0.497 e. The predicted octanol–water partition coefficient (Wildman–Crippen LogP) is 3.20. The zero-order valence-electron chi connectivity index (χ0n) is 14.2. The first-order valence-electron chi connectivity index (χ1n) is 7.91. The van der Waals surface area contributed by atoms with Crippen LogP contribution in [0.25, 0.3) is 0 Å². The highest BCUT2D eigenvalue weighted by Gasteiger charge is 2.12. The van der Waals surface area contributed by atoms with E-state index in [2.05, 4.69) is 20.4 Å². The number of aromatic nitrogens is 2. The summed E-state index contributed by atoms with van der Waals surface area (Å²) in [7, 11) is 1.60. The van der Waals surface area contributed by atoms with E-state index in [0.29, 0.717) is 23.7 Å². The molecule has 0 amide bonds. The van der Waals surface area contributed by atoms with Crippen molar-refractivity contribution in [3.05, 3.63) is 78.2 Å². The van der Waals surface area contributed by atoms with Crippen molar-refractivity contribution in [1.29, 1.82) is 0 Å². The van der Waals surface area contributed by atoms with Gasteiger partial charge in [0.2, 0.25) is 5.88 Å². The van der Waals surface area contributed by atoms with Crippen LogP contribution in [0.1, 0.15) is 11.1 Å². The first-order valence-corrected chi connectivity index (χ1v) is 7.91. The maximum Gasteiger partial charge on any atom is 0.230 e. The Bertz CT molecular complexity index is 867. The number of nitrogens with one attached hydrogen (secondary N) is 1. The maximum absolute atomic E-state index is 9.52. The third kappa shape index (κ3) is 4.34. The molecule has 1 aromatic carbocycles. The molecule has 0 saturated heterocycles. The highest BCUT2D eigenvalue weighted by atomic mass is 16.5. The molecule has 0 fully saturated rings. The quantitative estimate of drug-likeness (QED) is 0.403. The van der Waals surface area contributed by atoms with Gasteiger partial charge in [-0.15, -0.1) is 0 Å². The van der Waals surface area contributed by atoms with Crippen molar-refractivity contribution in [2.75, 3.05) is 7.11 Å². The zero-order chi connectivity index (χ0) is 18.2. The van der Waals surface area contributed by atoms with Gasteiger partial charge in [0.15, 0.2) is 5.84 Å². The summed E-state index contributed by atoms with van der Waals surface area (Å²) in [6.45, 7) is 0.355. The number of ether oxygens (including phenoxy) is 2. The third-order valence-electron chi connectivity index (χ3n) is 3.55. The summed E-state index contributed by atoms with van der Waals surface area (Å²) in [5.74, 6) is 1.90. The fourth-order valence-corrected chi connectivity index (χ4v) is 2.25. The van der Waals surface area contributed by atoms with E-state index < -0.39 is 0 Å². The lowest BCUT2D eigenvalue weighted by molar-refractivity contribution is 0.234. The molecule has 2 N–H and O–H groups in total. The minimum atomic E-state index is 0.255. The Labute approximate surface area is 151 Å². The summed E-state index contributed by atoms with van der Waals surface area (Å²) in [6, 6.07) is 14.4. The van der Waals surface area contributed by atoms with Gasteiger partial charge in [0.05, 0.1) is 19.2 Å². The summed E-state index contributed by atoms with van der Waals surface area (Å²) in [5.41, 5.74) is 3.58. The van der Waals surface area contributed by atoms with E-state index in [4.69, 9.17) is 9.47 Å². The van der Waals surface area contributed by atoms with Crippen molar-refractivity contribution in [2.24, 2.45) is 4.99 Å². The van der Waals surface area contributed by atoms with Gasteiger partial charge in [-0.1, -0.05) is 6.07 Å². The zero-order valence-corrected chi connectivity index (χ0v) is 14.2. The summed E-state index contributed by atoms with van der Waals surface area (Å²) in [5, 5.41) is 9.52. The molecule has 7 nitrogen and oxygen atoms in total. The summed E-state index contributed by atoms with van der Waals surface area (Å²) in [4.78, 5) is 12.7. The standard InChI is InChI=1S/C19H18N4O3/c1-25-15-6-8-16(9-7-15)26-19-17(5-3-11-21-19)18(23-24)22-13-14-4-2-10-20-12-14/h2-12,24H,13H2,1H3,(H,22,23). The topological polar surface area (TPSA) is 88.9 Å². The monoisotopic (exact) mass is 350 g/mol.